The highest BCUT2D eigenvalue weighted by atomic mass is 35.5. The van der Waals surface area contributed by atoms with E-state index in [0.717, 1.165) is 6.07 Å². The van der Waals surface area contributed by atoms with Crippen molar-refractivity contribution in [2.45, 2.75) is 12.5 Å². The fourth-order valence-electron chi connectivity index (χ4n) is 4.09. The molecule has 1 aromatic heterocycles. The number of nitrogens with one attached hydrogen (secondary N) is 1. The maximum absolute atomic E-state index is 14.4. The van der Waals surface area contributed by atoms with Gasteiger partial charge >= 0.3 is 5.97 Å². The van der Waals surface area contributed by atoms with Gasteiger partial charge in [-0.3, -0.25) is 9.78 Å². The first-order chi connectivity index (χ1) is 17.7. The molecule has 0 spiro atoms. The maximum atomic E-state index is 14.4. The van der Waals surface area contributed by atoms with Crippen molar-refractivity contribution in [3.05, 3.63) is 93.6 Å². The van der Waals surface area contributed by atoms with Crippen LogP contribution in [-0.2, 0) is 16.0 Å². The van der Waals surface area contributed by atoms with Crippen LogP contribution in [0, 0.1) is 11.6 Å². The quantitative estimate of drug-likeness (QED) is 0.288. The third-order valence-corrected chi connectivity index (χ3v) is 6.36. The molecule has 4 aromatic rings. The van der Waals surface area contributed by atoms with Crippen LogP contribution in [0.5, 0.6) is 5.75 Å². The highest BCUT2D eigenvalue weighted by Crippen LogP contribution is 2.39. The standard InChI is InChI=1S/C27H20Cl2F2N2O4/c1-36-22-7-3-6-20(31)24(22)26(34)33-21(27(35)37-2)11-14-8-9-16(17-5-4-10-32-25(14)17)23-18(28)12-15(30)13-19(23)29/h3-10,12-13,21H,11H2,1-2H3,(H,33,34)/t21-/m0/s1. The summed E-state index contributed by atoms with van der Waals surface area (Å²) in [6.45, 7) is 0. The summed E-state index contributed by atoms with van der Waals surface area (Å²) in [5, 5.41) is 3.43. The van der Waals surface area contributed by atoms with Gasteiger partial charge in [0.15, 0.2) is 0 Å². The molecule has 1 atom stereocenters. The average Bonchev–Trinajstić information content (AvgIpc) is 2.87. The third kappa shape index (κ3) is 5.35. The van der Waals surface area contributed by atoms with Crippen molar-refractivity contribution < 1.29 is 27.8 Å². The molecule has 0 saturated carbocycles. The molecule has 4 rings (SSSR count). The Morgan fingerprint density at radius 2 is 1.76 bits per heavy atom. The van der Waals surface area contributed by atoms with Crippen LogP contribution in [0.25, 0.3) is 22.0 Å². The van der Waals surface area contributed by atoms with Crippen LogP contribution >= 0.6 is 23.2 Å². The van der Waals surface area contributed by atoms with Crippen LogP contribution in [0.2, 0.25) is 10.0 Å². The SMILES string of the molecule is COC(=O)[C@H](Cc1ccc(-c2c(Cl)cc(F)cc2Cl)c2cccnc12)NC(=O)c1c(F)cccc1OC. The maximum Gasteiger partial charge on any atom is 0.328 e. The summed E-state index contributed by atoms with van der Waals surface area (Å²) in [6, 6.07) is 12.0. The highest BCUT2D eigenvalue weighted by Gasteiger charge is 2.27. The van der Waals surface area contributed by atoms with Gasteiger partial charge in [0.1, 0.15) is 29.0 Å². The summed E-state index contributed by atoms with van der Waals surface area (Å²) in [6.07, 6.45) is 1.55. The summed E-state index contributed by atoms with van der Waals surface area (Å²) >= 11 is 12.6. The molecule has 0 aliphatic carbocycles. The monoisotopic (exact) mass is 544 g/mol. The Labute approximate surface area is 221 Å². The first kappa shape index (κ1) is 26.3. The van der Waals surface area contributed by atoms with E-state index >= 15 is 0 Å². The average molecular weight is 545 g/mol. The normalized spacial score (nSPS) is 11.7. The predicted molar refractivity (Wildman–Crippen MR) is 137 cm³/mol. The zero-order valence-corrected chi connectivity index (χ0v) is 21.2. The molecule has 0 saturated heterocycles. The van der Waals surface area contributed by atoms with Gasteiger partial charge in [0.05, 0.1) is 29.8 Å². The number of amides is 1. The second-order valence-corrected chi connectivity index (χ2v) is 8.80. The van der Waals surface area contributed by atoms with Gasteiger partial charge < -0.3 is 14.8 Å². The van der Waals surface area contributed by atoms with Gasteiger partial charge in [-0.25, -0.2) is 13.6 Å². The van der Waals surface area contributed by atoms with Crippen LogP contribution in [0.1, 0.15) is 15.9 Å². The minimum absolute atomic E-state index is 0.0191. The van der Waals surface area contributed by atoms with Gasteiger partial charge in [-0.05, 0) is 41.5 Å². The number of hydrogen-bond donors (Lipinski definition) is 1. The van der Waals surface area contributed by atoms with Crippen molar-refractivity contribution in [3.63, 3.8) is 0 Å². The van der Waals surface area contributed by atoms with E-state index in [0.29, 0.717) is 27.6 Å². The number of methoxy groups -OCH3 is 2. The van der Waals surface area contributed by atoms with Crippen molar-refractivity contribution in [2.24, 2.45) is 0 Å². The largest absolute Gasteiger partial charge is 0.496 e. The van der Waals surface area contributed by atoms with E-state index in [1.165, 1.54) is 38.5 Å². The second kappa shape index (κ2) is 11.1. The van der Waals surface area contributed by atoms with Gasteiger partial charge in [0, 0.05) is 23.6 Å². The fourth-order valence-corrected chi connectivity index (χ4v) is 4.76. The van der Waals surface area contributed by atoms with E-state index in [4.69, 9.17) is 32.7 Å². The van der Waals surface area contributed by atoms with Crippen LogP contribution in [0.4, 0.5) is 8.78 Å². The molecule has 0 aliphatic heterocycles. The molecule has 3 aromatic carbocycles. The molecule has 0 radical (unpaired) electrons. The van der Waals surface area contributed by atoms with Crippen LogP contribution in [0.3, 0.4) is 0 Å². The number of ether oxygens (including phenoxy) is 2. The van der Waals surface area contributed by atoms with Crippen molar-refractivity contribution in [1.29, 1.82) is 0 Å². The molecule has 1 heterocycles. The Morgan fingerprint density at radius 3 is 2.43 bits per heavy atom. The molecule has 0 fully saturated rings. The molecule has 1 amide bonds. The number of fused-ring (bicyclic) bond motifs is 1. The predicted octanol–water partition coefficient (Wildman–Crippen LogP) is 6.01. The van der Waals surface area contributed by atoms with Gasteiger partial charge in [-0.15, -0.1) is 0 Å². The lowest BCUT2D eigenvalue weighted by molar-refractivity contribution is -0.142. The van der Waals surface area contributed by atoms with Crippen molar-refractivity contribution in [3.8, 4) is 16.9 Å². The fraction of sp³-hybridized carbons (Fsp3) is 0.148. The number of aromatic nitrogens is 1. The van der Waals surface area contributed by atoms with Gasteiger partial charge in [-0.2, -0.15) is 0 Å². The minimum Gasteiger partial charge on any atom is -0.496 e. The number of carbonyl (C=O) groups is 2. The molecule has 10 heteroatoms. The summed E-state index contributed by atoms with van der Waals surface area (Å²) in [7, 11) is 2.49. The molecule has 190 valence electrons. The Balaban J connectivity index is 1.74. The zero-order valence-electron chi connectivity index (χ0n) is 19.7. The van der Waals surface area contributed by atoms with E-state index in [1.807, 2.05) is 0 Å². The third-order valence-electron chi connectivity index (χ3n) is 5.77. The molecule has 0 bridgehead atoms. The lowest BCUT2D eigenvalue weighted by Gasteiger charge is -2.19. The van der Waals surface area contributed by atoms with Crippen molar-refractivity contribution in [1.82, 2.24) is 10.3 Å². The highest BCUT2D eigenvalue weighted by molar-refractivity contribution is 6.39. The number of esters is 1. The number of halogens is 4. The van der Waals surface area contributed by atoms with E-state index in [-0.39, 0.29) is 27.8 Å². The molecule has 0 unspecified atom stereocenters. The van der Waals surface area contributed by atoms with Crippen LogP contribution in [-0.4, -0.2) is 37.1 Å². The van der Waals surface area contributed by atoms with Gasteiger partial charge in [0.2, 0.25) is 0 Å². The summed E-state index contributed by atoms with van der Waals surface area (Å²) in [5.41, 5.74) is 1.79. The van der Waals surface area contributed by atoms with E-state index < -0.39 is 29.6 Å². The van der Waals surface area contributed by atoms with Crippen molar-refractivity contribution >= 4 is 46.0 Å². The summed E-state index contributed by atoms with van der Waals surface area (Å²) in [5.74, 6) is -2.93. The van der Waals surface area contributed by atoms with Crippen LogP contribution in [0.15, 0.2) is 60.8 Å². The number of nitrogens with zero attached hydrogens (tertiary/aromatic N) is 1. The molecule has 6 nitrogen and oxygen atoms in total. The zero-order chi connectivity index (χ0) is 26.7. The molecule has 1 N–H and O–H groups in total. The molecule has 37 heavy (non-hydrogen) atoms. The number of carbonyl (C=O) groups excluding carboxylic acids is 2. The topological polar surface area (TPSA) is 77.5 Å². The number of benzene rings is 3. The van der Waals surface area contributed by atoms with Crippen molar-refractivity contribution in [2.75, 3.05) is 14.2 Å². The van der Waals surface area contributed by atoms with Gasteiger partial charge in [-0.1, -0.05) is 47.5 Å². The first-order valence-electron chi connectivity index (χ1n) is 11.0. The van der Waals surface area contributed by atoms with E-state index in [1.54, 1.807) is 30.5 Å². The Hall–Kier alpha value is -3.75. The van der Waals surface area contributed by atoms with E-state index in [2.05, 4.69) is 10.3 Å². The summed E-state index contributed by atoms with van der Waals surface area (Å²) in [4.78, 5) is 30.0. The molecule has 0 aliphatic rings. The summed E-state index contributed by atoms with van der Waals surface area (Å²) < 4.78 is 38.2. The minimum atomic E-state index is -1.17. The Morgan fingerprint density at radius 1 is 1.03 bits per heavy atom. The number of hydrogen-bond acceptors (Lipinski definition) is 5. The Bertz CT molecular complexity index is 1490. The lowest BCUT2D eigenvalue weighted by Crippen LogP contribution is -2.43. The van der Waals surface area contributed by atoms with Gasteiger partial charge in [0.25, 0.3) is 5.91 Å². The lowest BCUT2D eigenvalue weighted by atomic mass is 9.95. The smallest absolute Gasteiger partial charge is 0.328 e. The first-order valence-corrected chi connectivity index (χ1v) is 11.7. The number of pyridine rings is 1. The number of rotatable bonds is 7. The molecular weight excluding hydrogens is 525 g/mol. The molecular formula is C27H20Cl2F2N2O4. The van der Waals surface area contributed by atoms with E-state index in [9.17, 15) is 18.4 Å². The van der Waals surface area contributed by atoms with Crippen LogP contribution < -0.4 is 10.1 Å². The Kier molecular flexibility index (Phi) is 7.90. The second-order valence-electron chi connectivity index (χ2n) is 7.99.